The topological polar surface area (TPSA) is 84.3 Å². The van der Waals surface area contributed by atoms with E-state index in [0.29, 0.717) is 41.3 Å². The van der Waals surface area contributed by atoms with Crippen molar-refractivity contribution < 1.29 is 13.2 Å². The molecule has 0 unspecified atom stereocenters. The summed E-state index contributed by atoms with van der Waals surface area (Å²) in [5.74, 6) is 0.301. The predicted octanol–water partition coefficient (Wildman–Crippen LogP) is 4.48. The fraction of sp³-hybridized carbons (Fsp3) is 0.174. The highest BCUT2D eigenvalue weighted by Gasteiger charge is 2.30. The van der Waals surface area contributed by atoms with Gasteiger partial charge in [0.2, 0.25) is 5.95 Å². The number of benzene rings is 2. The van der Waals surface area contributed by atoms with E-state index >= 15 is 0 Å². The van der Waals surface area contributed by atoms with Gasteiger partial charge < -0.3 is 4.98 Å². The first-order valence-corrected chi connectivity index (χ1v) is 10.3. The number of halogens is 3. The molecule has 0 aliphatic heterocycles. The van der Waals surface area contributed by atoms with Crippen LogP contribution in [0.1, 0.15) is 16.8 Å². The van der Waals surface area contributed by atoms with Crippen molar-refractivity contribution in [3.05, 3.63) is 88.0 Å². The van der Waals surface area contributed by atoms with E-state index in [1.54, 1.807) is 4.68 Å². The van der Waals surface area contributed by atoms with Crippen molar-refractivity contribution in [2.75, 3.05) is 0 Å². The van der Waals surface area contributed by atoms with Gasteiger partial charge in [-0.05, 0) is 49.2 Å². The molecule has 168 valence electrons. The van der Waals surface area contributed by atoms with Gasteiger partial charge in [-0.2, -0.15) is 23.0 Å². The maximum atomic E-state index is 13.4. The van der Waals surface area contributed by atoms with E-state index in [1.165, 1.54) is 16.8 Å². The largest absolute Gasteiger partial charge is 0.416 e. The Balaban J connectivity index is 1.59. The van der Waals surface area contributed by atoms with E-state index in [9.17, 15) is 18.0 Å². The summed E-state index contributed by atoms with van der Waals surface area (Å²) in [6.07, 6.45) is -2.29. The fourth-order valence-electron chi connectivity index (χ4n) is 3.78. The molecule has 0 aliphatic rings. The van der Waals surface area contributed by atoms with Crippen LogP contribution in [0.2, 0.25) is 0 Å². The van der Waals surface area contributed by atoms with Gasteiger partial charge in [0, 0.05) is 18.3 Å². The smallest absolute Gasteiger partial charge is 0.322 e. The van der Waals surface area contributed by atoms with Crippen LogP contribution in [0, 0.1) is 6.92 Å². The molecule has 0 bridgehead atoms. The van der Waals surface area contributed by atoms with Gasteiger partial charge in [0.05, 0.1) is 28.0 Å². The van der Waals surface area contributed by atoms with Gasteiger partial charge in [-0.25, -0.2) is 4.98 Å². The molecule has 2 N–H and O–H groups in total. The molecule has 33 heavy (non-hydrogen) atoms. The molecule has 0 saturated heterocycles. The average molecular weight is 452 g/mol. The van der Waals surface area contributed by atoms with Crippen molar-refractivity contribution in [1.29, 1.82) is 0 Å². The van der Waals surface area contributed by atoms with Crippen LogP contribution < -0.4 is 5.56 Å². The average Bonchev–Trinajstić information content (AvgIpc) is 3.48. The molecule has 0 saturated carbocycles. The van der Waals surface area contributed by atoms with Crippen LogP contribution in [0.4, 0.5) is 13.2 Å². The summed E-state index contributed by atoms with van der Waals surface area (Å²) in [6, 6.07) is 14.0. The number of hydrogen-bond acceptors (Lipinski definition) is 3. The first-order valence-electron chi connectivity index (χ1n) is 10.3. The first-order chi connectivity index (χ1) is 15.8. The highest BCUT2D eigenvalue weighted by molar-refractivity contribution is 5.76. The van der Waals surface area contributed by atoms with Gasteiger partial charge in [0.25, 0.3) is 5.56 Å². The molecule has 3 aromatic heterocycles. The molecule has 0 radical (unpaired) electrons. The quantitative estimate of drug-likeness (QED) is 0.413. The zero-order valence-corrected chi connectivity index (χ0v) is 17.5. The SMILES string of the molecule is Cc1ccn(CCc2c(-c3ccc(C(F)(F)F)cc3)[nH]n(-c3nc4ccccc4[nH]3)c2=O)n1. The number of para-hydroxylation sites is 2. The number of imidazole rings is 1. The molecule has 0 spiro atoms. The Morgan fingerprint density at radius 3 is 2.45 bits per heavy atom. The predicted molar refractivity (Wildman–Crippen MR) is 117 cm³/mol. The van der Waals surface area contributed by atoms with Crippen molar-refractivity contribution in [3.8, 4) is 17.2 Å². The minimum absolute atomic E-state index is 0.301. The summed E-state index contributed by atoms with van der Waals surface area (Å²) in [5, 5.41) is 7.39. The summed E-state index contributed by atoms with van der Waals surface area (Å²) in [6.45, 7) is 2.31. The molecule has 5 aromatic rings. The zero-order chi connectivity index (χ0) is 23.2. The number of aromatic amines is 2. The van der Waals surface area contributed by atoms with Gasteiger partial charge in [-0.15, -0.1) is 0 Å². The number of nitrogens with zero attached hydrogens (tertiary/aromatic N) is 4. The molecular formula is C23H19F3N6O. The van der Waals surface area contributed by atoms with Gasteiger partial charge in [-0.1, -0.05) is 24.3 Å². The molecule has 2 aromatic carbocycles. The number of aromatic nitrogens is 6. The van der Waals surface area contributed by atoms with Gasteiger partial charge in [0.1, 0.15) is 0 Å². The highest BCUT2D eigenvalue weighted by atomic mass is 19.4. The Labute approximate surface area is 185 Å². The molecule has 0 fully saturated rings. The van der Waals surface area contributed by atoms with Crippen LogP contribution in [0.15, 0.2) is 65.6 Å². The lowest BCUT2D eigenvalue weighted by Gasteiger charge is -2.08. The van der Waals surface area contributed by atoms with Gasteiger partial charge >= 0.3 is 6.18 Å². The van der Waals surface area contributed by atoms with E-state index in [4.69, 9.17) is 0 Å². The van der Waals surface area contributed by atoms with Gasteiger partial charge in [0.15, 0.2) is 0 Å². The number of rotatable bonds is 5. The van der Waals surface area contributed by atoms with Crippen LogP contribution in [0.25, 0.3) is 28.2 Å². The van der Waals surface area contributed by atoms with E-state index in [1.807, 2.05) is 43.5 Å². The fourth-order valence-corrected chi connectivity index (χ4v) is 3.78. The Morgan fingerprint density at radius 2 is 1.79 bits per heavy atom. The molecule has 7 nitrogen and oxygen atoms in total. The Bertz CT molecular complexity index is 1450. The Morgan fingerprint density at radius 1 is 1.03 bits per heavy atom. The highest BCUT2D eigenvalue weighted by Crippen LogP contribution is 2.31. The number of aryl methyl sites for hydroxylation is 2. The first kappa shape index (κ1) is 20.8. The normalized spacial score (nSPS) is 12.0. The van der Waals surface area contributed by atoms with E-state index in [-0.39, 0.29) is 5.56 Å². The molecule has 10 heteroatoms. The Kier molecular flexibility index (Phi) is 4.92. The van der Waals surface area contributed by atoms with Crippen LogP contribution in [0.3, 0.4) is 0 Å². The molecule has 5 rings (SSSR count). The van der Waals surface area contributed by atoms with Crippen LogP contribution in [-0.4, -0.2) is 29.5 Å². The Hall–Kier alpha value is -4.08. The summed E-state index contributed by atoms with van der Waals surface area (Å²) < 4.78 is 42.1. The van der Waals surface area contributed by atoms with E-state index in [2.05, 4.69) is 20.2 Å². The maximum absolute atomic E-state index is 13.4. The second-order valence-corrected chi connectivity index (χ2v) is 7.73. The standard InChI is InChI=1S/C23H19F3N6O/c1-14-10-12-31(29-14)13-11-17-20(15-6-8-16(9-7-15)23(24,25)26)30-32(21(17)33)22-27-18-4-2-3-5-19(18)28-22/h2-10,12,30H,11,13H2,1H3,(H,27,28). The van der Waals surface area contributed by atoms with Crippen molar-refractivity contribution in [2.45, 2.75) is 26.1 Å². The third kappa shape index (κ3) is 3.95. The molecule has 0 aliphatic carbocycles. The van der Waals surface area contributed by atoms with Crippen LogP contribution in [-0.2, 0) is 19.1 Å². The lowest BCUT2D eigenvalue weighted by Crippen LogP contribution is -2.19. The van der Waals surface area contributed by atoms with Crippen molar-refractivity contribution in [1.82, 2.24) is 29.5 Å². The minimum atomic E-state index is -4.44. The summed E-state index contributed by atoms with van der Waals surface area (Å²) in [7, 11) is 0. The molecular weight excluding hydrogens is 433 g/mol. The monoisotopic (exact) mass is 452 g/mol. The third-order valence-corrected chi connectivity index (χ3v) is 5.44. The number of hydrogen-bond donors (Lipinski definition) is 2. The second kappa shape index (κ2) is 7.80. The number of alkyl halides is 3. The summed E-state index contributed by atoms with van der Waals surface area (Å²) in [4.78, 5) is 20.9. The second-order valence-electron chi connectivity index (χ2n) is 7.73. The van der Waals surface area contributed by atoms with Crippen molar-refractivity contribution in [2.24, 2.45) is 0 Å². The number of H-pyrrole nitrogens is 2. The summed E-state index contributed by atoms with van der Waals surface area (Å²) >= 11 is 0. The maximum Gasteiger partial charge on any atom is 0.416 e. The van der Waals surface area contributed by atoms with Crippen LogP contribution >= 0.6 is 0 Å². The van der Waals surface area contributed by atoms with Crippen LogP contribution in [0.5, 0.6) is 0 Å². The van der Waals surface area contributed by atoms with Crippen molar-refractivity contribution in [3.63, 3.8) is 0 Å². The summed E-state index contributed by atoms with van der Waals surface area (Å²) in [5.41, 5.74) is 2.58. The van der Waals surface area contributed by atoms with E-state index < -0.39 is 11.7 Å². The zero-order valence-electron chi connectivity index (χ0n) is 17.5. The number of fused-ring (bicyclic) bond motifs is 1. The molecule has 0 amide bonds. The number of nitrogens with one attached hydrogen (secondary N) is 2. The molecule has 0 atom stereocenters. The minimum Gasteiger partial charge on any atom is -0.322 e. The van der Waals surface area contributed by atoms with Gasteiger partial charge in [-0.3, -0.25) is 14.6 Å². The lowest BCUT2D eigenvalue weighted by molar-refractivity contribution is -0.137. The molecule has 3 heterocycles. The lowest BCUT2D eigenvalue weighted by atomic mass is 10.0. The van der Waals surface area contributed by atoms with E-state index in [0.717, 1.165) is 23.3 Å². The van der Waals surface area contributed by atoms with Crippen molar-refractivity contribution >= 4 is 11.0 Å². The third-order valence-electron chi connectivity index (χ3n) is 5.44.